The Morgan fingerprint density at radius 3 is 2.41 bits per heavy atom. The molecule has 1 heterocycles. The number of hydrogen-bond donors (Lipinski definition) is 1. The van der Waals surface area contributed by atoms with Crippen molar-refractivity contribution in [1.29, 1.82) is 0 Å². The molecule has 0 saturated carbocycles. The van der Waals surface area contributed by atoms with E-state index < -0.39 is 11.9 Å². The van der Waals surface area contributed by atoms with Gasteiger partial charge >= 0.3 is 5.97 Å². The van der Waals surface area contributed by atoms with Crippen LogP contribution in [-0.4, -0.2) is 32.1 Å². The van der Waals surface area contributed by atoms with Crippen molar-refractivity contribution in [3.05, 3.63) is 118 Å². The molecule has 0 aromatic heterocycles. The average molecular weight is 544 g/mol. The highest BCUT2D eigenvalue weighted by atomic mass is 35.5. The first-order chi connectivity index (χ1) is 18.9. The summed E-state index contributed by atoms with van der Waals surface area (Å²) in [6.45, 7) is 2.15. The molecule has 6 nitrogen and oxygen atoms in total. The minimum absolute atomic E-state index is 0.00160. The van der Waals surface area contributed by atoms with Crippen LogP contribution >= 0.6 is 11.6 Å². The maximum absolute atomic E-state index is 13.8. The standard InChI is InChI=1S/C32H30ClNO5/c1-20-29(32(36)39-16-15-38-25-8-4-3-5-9-25)30(22-7-6-10-26(17-22)37-2)31-27(34-20)18-23(19-28(31)35)21-11-13-24(33)14-12-21/h3-14,17,23,30,34H,15-16,18-19H2,1-2H3/t23-,30-/m1/s1. The van der Waals surface area contributed by atoms with Crippen LogP contribution in [-0.2, 0) is 14.3 Å². The van der Waals surface area contributed by atoms with Gasteiger partial charge in [0, 0.05) is 34.3 Å². The molecular formula is C32H30ClNO5. The molecular weight excluding hydrogens is 514 g/mol. The van der Waals surface area contributed by atoms with Gasteiger partial charge in [-0.25, -0.2) is 4.79 Å². The summed E-state index contributed by atoms with van der Waals surface area (Å²) in [6, 6.07) is 24.5. The van der Waals surface area contributed by atoms with Crippen LogP contribution in [0.4, 0.5) is 0 Å². The third-order valence-corrected chi connectivity index (χ3v) is 7.40. The molecule has 1 N–H and O–H groups in total. The lowest BCUT2D eigenvalue weighted by molar-refractivity contribution is -0.140. The molecule has 7 heteroatoms. The van der Waals surface area contributed by atoms with E-state index in [2.05, 4.69) is 5.32 Å². The topological polar surface area (TPSA) is 73.9 Å². The molecule has 0 unspecified atom stereocenters. The van der Waals surface area contributed by atoms with Crippen LogP contribution in [0.15, 0.2) is 101 Å². The number of allylic oxidation sites excluding steroid dienone is 3. The predicted molar refractivity (Wildman–Crippen MR) is 150 cm³/mol. The summed E-state index contributed by atoms with van der Waals surface area (Å²) in [5.41, 5.74) is 4.38. The van der Waals surface area contributed by atoms with E-state index in [0.29, 0.717) is 46.2 Å². The van der Waals surface area contributed by atoms with E-state index in [1.807, 2.05) is 85.8 Å². The Morgan fingerprint density at radius 1 is 0.923 bits per heavy atom. The Morgan fingerprint density at radius 2 is 1.67 bits per heavy atom. The summed E-state index contributed by atoms with van der Waals surface area (Å²) in [5, 5.41) is 4.04. The van der Waals surface area contributed by atoms with Crippen molar-refractivity contribution in [3.8, 4) is 11.5 Å². The number of esters is 1. The van der Waals surface area contributed by atoms with Crippen LogP contribution < -0.4 is 14.8 Å². The van der Waals surface area contributed by atoms with E-state index in [9.17, 15) is 9.59 Å². The van der Waals surface area contributed by atoms with Gasteiger partial charge < -0.3 is 19.5 Å². The first kappa shape index (κ1) is 26.6. The zero-order valence-electron chi connectivity index (χ0n) is 21.9. The summed E-state index contributed by atoms with van der Waals surface area (Å²) < 4.78 is 16.8. The van der Waals surface area contributed by atoms with E-state index in [0.717, 1.165) is 16.8 Å². The normalized spacial score (nSPS) is 18.8. The maximum Gasteiger partial charge on any atom is 0.336 e. The Hall–Kier alpha value is -4.03. The van der Waals surface area contributed by atoms with Crippen LogP contribution in [0.2, 0.25) is 5.02 Å². The molecule has 2 aliphatic rings. The number of nitrogens with one attached hydrogen (secondary N) is 1. The Bertz CT molecular complexity index is 1430. The fraction of sp³-hybridized carbons (Fsp3) is 0.250. The van der Waals surface area contributed by atoms with Crippen molar-refractivity contribution in [3.63, 3.8) is 0 Å². The Labute approximate surface area is 233 Å². The number of rotatable bonds is 8. The SMILES string of the molecule is COc1cccc([C@@H]2C(C(=O)OCCOc3ccccc3)=C(C)NC3=C2C(=O)C[C@H](c2ccc(Cl)cc2)C3)c1. The zero-order chi connectivity index (χ0) is 27.4. The third kappa shape index (κ3) is 5.86. The van der Waals surface area contributed by atoms with Gasteiger partial charge in [0.05, 0.1) is 12.7 Å². The van der Waals surface area contributed by atoms with Crippen molar-refractivity contribution in [2.45, 2.75) is 31.6 Å². The number of ether oxygens (including phenoxy) is 3. The second-order valence-electron chi connectivity index (χ2n) is 9.64. The minimum atomic E-state index is -0.572. The van der Waals surface area contributed by atoms with Crippen molar-refractivity contribution in [2.75, 3.05) is 20.3 Å². The summed E-state index contributed by atoms with van der Waals surface area (Å²) in [4.78, 5) is 27.3. The molecule has 2 atom stereocenters. The minimum Gasteiger partial charge on any atom is -0.497 e. The molecule has 0 bridgehead atoms. The van der Waals surface area contributed by atoms with Gasteiger partial charge in [-0.2, -0.15) is 0 Å². The van der Waals surface area contributed by atoms with Crippen LogP contribution in [0, 0.1) is 0 Å². The van der Waals surface area contributed by atoms with E-state index in [1.165, 1.54) is 0 Å². The number of halogens is 1. The van der Waals surface area contributed by atoms with Crippen LogP contribution in [0.25, 0.3) is 0 Å². The van der Waals surface area contributed by atoms with Gasteiger partial charge in [0.1, 0.15) is 24.7 Å². The zero-order valence-corrected chi connectivity index (χ0v) is 22.7. The van der Waals surface area contributed by atoms with E-state index >= 15 is 0 Å². The van der Waals surface area contributed by atoms with Crippen LogP contribution in [0.5, 0.6) is 11.5 Å². The van der Waals surface area contributed by atoms with Crippen LogP contribution in [0.3, 0.4) is 0 Å². The first-order valence-electron chi connectivity index (χ1n) is 12.9. The van der Waals surface area contributed by atoms with Crippen molar-refractivity contribution < 1.29 is 23.8 Å². The number of dihydropyridines is 1. The first-order valence-corrected chi connectivity index (χ1v) is 13.3. The van der Waals surface area contributed by atoms with Gasteiger partial charge in [-0.05, 0) is 66.8 Å². The average Bonchev–Trinajstić information content (AvgIpc) is 2.95. The van der Waals surface area contributed by atoms with Crippen molar-refractivity contribution in [1.82, 2.24) is 5.32 Å². The van der Waals surface area contributed by atoms with Crippen molar-refractivity contribution >= 4 is 23.4 Å². The molecule has 3 aromatic rings. The Kier molecular flexibility index (Phi) is 8.03. The highest BCUT2D eigenvalue weighted by Gasteiger charge is 2.41. The lowest BCUT2D eigenvalue weighted by Crippen LogP contribution is -2.36. The predicted octanol–water partition coefficient (Wildman–Crippen LogP) is 6.33. The van der Waals surface area contributed by atoms with Gasteiger partial charge in [0.15, 0.2) is 5.78 Å². The fourth-order valence-electron chi connectivity index (χ4n) is 5.32. The summed E-state index contributed by atoms with van der Waals surface area (Å²) >= 11 is 6.09. The number of benzene rings is 3. The van der Waals surface area contributed by atoms with Crippen molar-refractivity contribution in [2.24, 2.45) is 0 Å². The van der Waals surface area contributed by atoms with Gasteiger partial charge in [-0.3, -0.25) is 4.79 Å². The lowest BCUT2D eigenvalue weighted by Gasteiger charge is -2.36. The fourth-order valence-corrected chi connectivity index (χ4v) is 5.45. The van der Waals surface area contributed by atoms with Crippen LogP contribution in [0.1, 0.15) is 42.7 Å². The number of carbonyl (C=O) groups is 2. The second-order valence-corrected chi connectivity index (χ2v) is 10.1. The molecule has 0 saturated heterocycles. The molecule has 200 valence electrons. The van der Waals surface area contributed by atoms with Gasteiger partial charge in [-0.1, -0.05) is 54.1 Å². The van der Waals surface area contributed by atoms with E-state index in [4.69, 9.17) is 25.8 Å². The maximum atomic E-state index is 13.8. The van der Waals surface area contributed by atoms with Gasteiger partial charge in [0.25, 0.3) is 0 Å². The molecule has 1 aliphatic carbocycles. The number of Topliss-reactive ketones (excluding diaryl/α,β-unsaturated/α-hetero) is 1. The van der Waals surface area contributed by atoms with Gasteiger partial charge in [0.2, 0.25) is 0 Å². The molecule has 0 amide bonds. The molecule has 0 fully saturated rings. The molecule has 1 aliphatic heterocycles. The summed E-state index contributed by atoms with van der Waals surface area (Å²) in [6.07, 6.45) is 0.989. The third-order valence-electron chi connectivity index (χ3n) is 7.14. The summed E-state index contributed by atoms with van der Waals surface area (Å²) in [7, 11) is 1.59. The second kappa shape index (κ2) is 11.8. The molecule has 0 radical (unpaired) electrons. The highest BCUT2D eigenvalue weighted by molar-refractivity contribution is 6.30. The smallest absolute Gasteiger partial charge is 0.336 e. The van der Waals surface area contributed by atoms with E-state index in [1.54, 1.807) is 7.11 Å². The van der Waals surface area contributed by atoms with Gasteiger partial charge in [-0.15, -0.1) is 0 Å². The molecule has 3 aromatic carbocycles. The monoisotopic (exact) mass is 543 g/mol. The quantitative estimate of drug-likeness (QED) is 0.264. The molecule has 0 spiro atoms. The number of methoxy groups -OCH3 is 1. The van der Waals surface area contributed by atoms with E-state index in [-0.39, 0.29) is 24.9 Å². The number of hydrogen-bond acceptors (Lipinski definition) is 6. The number of ketones is 1. The Balaban J connectivity index is 1.43. The summed E-state index contributed by atoms with van der Waals surface area (Å²) in [5.74, 6) is 0.318. The number of carbonyl (C=O) groups excluding carboxylic acids is 2. The lowest BCUT2D eigenvalue weighted by atomic mass is 9.71. The molecule has 5 rings (SSSR count). The molecule has 39 heavy (non-hydrogen) atoms. The largest absolute Gasteiger partial charge is 0.497 e. The highest BCUT2D eigenvalue weighted by Crippen LogP contribution is 2.46. The number of para-hydroxylation sites is 1.